The molecule has 0 N–H and O–H groups in total. The predicted octanol–water partition coefficient (Wildman–Crippen LogP) is 4.07. The predicted molar refractivity (Wildman–Crippen MR) is 70.2 cm³/mol. The Hall–Kier alpha value is -1.63. The topological polar surface area (TPSA) is 17.1 Å². The molecule has 1 atom stereocenters. The Bertz CT molecular complexity index is 590. The minimum atomic E-state index is 0.202. The fourth-order valence-electron chi connectivity index (χ4n) is 2.54. The molecule has 0 bridgehead atoms. The second-order valence-corrected chi connectivity index (χ2v) is 5.64. The van der Waals surface area contributed by atoms with E-state index in [2.05, 4.69) is 26.0 Å². The highest BCUT2D eigenvalue weighted by molar-refractivity contribution is 6.10. The van der Waals surface area contributed by atoms with Crippen LogP contribution in [0.5, 0.6) is 0 Å². The molecule has 1 unspecified atom stereocenters. The first kappa shape index (κ1) is 10.5. The summed E-state index contributed by atoms with van der Waals surface area (Å²) >= 11 is 0. The van der Waals surface area contributed by atoms with Crippen molar-refractivity contribution in [1.29, 1.82) is 0 Å². The summed E-state index contributed by atoms with van der Waals surface area (Å²) in [7, 11) is 0. The molecule has 17 heavy (non-hydrogen) atoms. The lowest BCUT2D eigenvalue weighted by atomic mass is 9.96. The molecule has 0 spiro atoms. The first-order valence-corrected chi connectivity index (χ1v) is 6.11. The second kappa shape index (κ2) is 3.43. The Morgan fingerprint density at radius 1 is 1.12 bits per heavy atom. The summed E-state index contributed by atoms with van der Waals surface area (Å²) in [5.41, 5.74) is 1.09. The van der Waals surface area contributed by atoms with Gasteiger partial charge in [-0.25, -0.2) is 0 Å². The van der Waals surface area contributed by atoms with Crippen LogP contribution in [0.2, 0.25) is 0 Å². The van der Waals surface area contributed by atoms with Crippen molar-refractivity contribution in [2.45, 2.75) is 20.3 Å². The molecule has 0 heterocycles. The summed E-state index contributed by atoms with van der Waals surface area (Å²) in [5, 5.41) is 2.24. The average molecular weight is 224 g/mol. The number of carbonyl (C=O) groups excluding carboxylic acids is 1. The van der Waals surface area contributed by atoms with Gasteiger partial charge in [0.2, 0.25) is 0 Å². The van der Waals surface area contributed by atoms with Crippen molar-refractivity contribution < 1.29 is 4.79 Å². The van der Waals surface area contributed by atoms with Crippen LogP contribution >= 0.6 is 0 Å². The maximum atomic E-state index is 12.4. The van der Waals surface area contributed by atoms with Crippen molar-refractivity contribution in [3.63, 3.8) is 0 Å². The number of hydrogen-bond acceptors (Lipinski definition) is 1. The molecule has 1 heteroatoms. The van der Waals surface area contributed by atoms with Gasteiger partial charge in [-0.3, -0.25) is 4.79 Å². The van der Waals surface area contributed by atoms with Gasteiger partial charge in [0.15, 0.2) is 5.78 Å². The van der Waals surface area contributed by atoms with Crippen molar-refractivity contribution in [3.8, 4) is 0 Å². The van der Waals surface area contributed by atoms with E-state index in [9.17, 15) is 4.79 Å². The van der Waals surface area contributed by atoms with Crippen molar-refractivity contribution in [2.24, 2.45) is 11.3 Å². The van der Waals surface area contributed by atoms with E-state index in [0.717, 1.165) is 22.8 Å². The van der Waals surface area contributed by atoms with E-state index in [1.165, 1.54) is 0 Å². The summed E-state index contributed by atoms with van der Waals surface area (Å²) in [6.07, 6.45) is 1.02. The molecule has 0 amide bonds. The van der Waals surface area contributed by atoms with Crippen LogP contribution in [0, 0.1) is 11.3 Å². The minimum Gasteiger partial charge on any atom is -0.294 e. The molecule has 1 aliphatic carbocycles. The van der Waals surface area contributed by atoms with Gasteiger partial charge in [0.1, 0.15) is 0 Å². The normalized spacial score (nSPS) is 21.4. The Morgan fingerprint density at radius 3 is 2.47 bits per heavy atom. The first-order valence-electron chi connectivity index (χ1n) is 6.11. The fraction of sp³-hybridized carbons (Fsp3) is 0.312. The SMILES string of the molecule is CC1(C)CC1C(=O)c1cccc2ccccc12. The molecule has 1 fully saturated rings. The van der Waals surface area contributed by atoms with Crippen LogP contribution in [0.4, 0.5) is 0 Å². The van der Waals surface area contributed by atoms with Gasteiger partial charge in [-0.1, -0.05) is 56.3 Å². The number of rotatable bonds is 2. The molecule has 0 aromatic heterocycles. The van der Waals surface area contributed by atoms with Gasteiger partial charge in [-0.2, -0.15) is 0 Å². The zero-order valence-electron chi connectivity index (χ0n) is 10.2. The van der Waals surface area contributed by atoms with E-state index >= 15 is 0 Å². The molecule has 0 saturated heterocycles. The number of ketones is 1. The molecule has 2 aromatic carbocycles. The fourth-order valence-corrected chi connectivity index (χ4v) is 2.54. The van der Waals surface area contributed by atoms with E-state index in [1.807, 2.05) is 30.3 Å². The largest absolute Gasteiger partial charge is 0.294 e. The Kier molecular flexibility index (Phi) is 2.12. The van der Waals surface area contributed by atoms with Gasteiger partial charge in [-0.15, -0.1) is 0 Å². The van der Waals surface area contributed by atoms with E-state index < -0.39 is 0 Å². The van der Waals surface area contributed by atoms with Crippen LogP contribution in [0.15, 0.2) is 42.5 Å². The summed E-state index contributed by atoms with van der Waals surface area (Å²) in [5.74, 6) is 0.528. The smallest absolute Gasteiger partial charge is 0.167 e. The highest BCUT2D eigenvalue weighted by Crippen LogP contribution is 2.53. The maximum Gasteiger partial charge on any atom is 0.167 e. The molecule has 1 saturated carbocycles. The van der Waals surface area contributed by atoms with Gasteiger partial charge < -0.3 is 0 Å². The van der Waals surface area contributed by atoms with Crippen LogP contribution in [0.3, 0.4) is 0 Å². The van der Waals surface area contributed by atoms with Gasteiger partial charge >= 0.3 is 0 Å². The van der Waals surface area contributed by atoms with Crippen molar-refractivity contribution in [2.75, 3.05) is 0 Å². The second-order valence-electron chi connectivity index (χ2n) is 5.64. The minimum absolute atomic E-state index is 0.202. The van der Waals surface area contributed by atoms with E-state index in [4.69, 9.17) is 0 Å². The van der Waals surface area contributed by atoms with Crippen LogP contribution in [0.25, 0.3) is 10.8 Å². The Morgan fingerprint density at radius 2 is 1.76 bits per heavy atom. The third kappa shape index (κ3) is 1.66. The molecule has 0 radical (unpaired) electrons. The molecule has 0 aliphatic heterocycles. The van der Waals surface area contributed by atoms with Gasteiger partial charge in [0.25, 0.3) is 0 Å². The Labute approximate surface area is 101 Å². The molecule has 2 aromatic rings. The summed E-state index contributed by atoms with van der Waals surface area (Å²) in [4.78, 5) is 12.4. The molecular weight excluding hydrogens is 208 g/mol. The van der Waals surface area contributed by atoms with Crippen LogP contribution in [-0.2, 0) is 0 Å². The number of carbonyl (C=O) groups is 1. The quantitative estimate of drug-likeness (QED) is 0.703. The first-order chi connectivity index (χ1) is 8.09. The van der Waals surface area contributed by atoms with Gasteiger partial charge in [0, 0.05) is 11.5 Å². The lowest BCUT2D eigenvalue weighted by Crippen LogP contribution is -2.06. The average Bonchev–Trinajstić information content (AvgIpc) is 2.97. The van der Waals surface area contributed by atoms with Gasteiger partial charge in [-0.05, 0) is 22.6 Å². The van der Waals surface area contributed by atoms with E-state index in [-0.39, 0.29) is 11.3 Å². The lowest BCUT2D eigenvalue weighted by Gasteiger charge is -2.06. The molecule has 86 valence electrons. The van der Waals surface area contributed by atoms with Crippen molar-refractivity contribution in [3.05, 3.63) is 48.0 Å². The van der Waals surface area contributed by atoms with E-state index in [1.54, 1.807) is 0 Å². The van der Waals surface area contributed by atoms with Crippen molar-refractivity contribution >= 4 is 16.6 Å². The molecule has 1 aliphatic rings. The molecule has 3 rings (SSSR count). The summed E-state index contributed by atoms with van der Waals surface area (Å²) in [6.45, 7) is 4.33. The molecule has 1 nitrogen and oxygen atoms in total. The monoisotopic (exact) mass is 224 g/mol. The number of Topliss-reactive ketones (excluding diaryl/α,β-unsaturated/α-hetero) is 1. The maximum absolute atomic E-state index is 12.4. The van der Waals surface area contributed by atoms with Crippen molar-refractivity contribution in [1.82, 2.24) is 0 Å². The zero-order valence-corrected chi connectivity index (χ0v) is 10.2. The Balaban J connectivity index is 2.09. The van der Waals surface area contributed by atoms with Gasteiger partial charge in [0.05, 0.1) is 0 Å². The lowest BCUT2D eigenvalue weighted by molar-refractivity contribution is 0.0955. The van der Waals surface area contributed by atoms with Crippen LogP contribution in [-0.4, -0.2) is 5.78 Å². The highest BCUT2D eigenvalue weighted by Gasteiger charge is 2.50. The number of hydrogen-bond donors (Lipinski definition) is 0. The van der Waals surface area contributed by atoms with E-state index in [0.29, 0.717) is 5.78 Å². The highest BCUT2D eigenvalue weighted by atomic mass is 16.1. The third-order valence-corrected chi connectivity index (χ3v) is 3.89. The number of fused-ring (bicyclic) bond motifs is 1. The van der Waals surface area contributed by atoms with Crippen LogP contribution < -0.4 is 0 Å². The standard InChI is InChI=1S/C16H16O/c1-16(2)10-14(16)15(17)13-9-5-7-11-6-3-4-8-12(11)13/h3-9,14H,10H2,1-2H3. The summed E-state index contributed by atoms with van der Waals surface area (Å²) < 4.78 is 0. The van der Waals surface area contributed by atoms with Crippen LogP contribution in [0.1, 0.15) is 30.6 Å². The number of benzene rings is 2. The third-order valence-electron chi connectivity index (χ3n) is 3.89. The molecular formula is C16H16O. The summed E-state index contributed by atoms with van der Waals surface area (Å²) in [6, 6.07) is 14.1. The zero-order chi connectivity index (χ0) is 12.0.